The first kappa shape index (κ1) is 11.8. The van der Waals surface area contributed by atoms with E-state index in [4.69, 9.17) is 11.6 Å². The van der Waals surface area contributed by atoms with Crippen molar-refractivity contribution in [3.05, 3.63) is 19.2 Å². The fourth-order valence-corrected chi connectivity index (χ4v) is 3.97. The maximum absolute atomic E-state index is 12.2. The predicted molar refractivity (Wildman–Crippen MR) is 54.4 cm³/mol. The third-order valence-corrected chi connectivity index (χ3v) is 4.11. The van der Waals surface area contributed by atoms with Crippen LogP contribution in [0.2, 0.25) is 0 Å². The van der Waals surface area contributed by atoms with Crippen molar-refractivity contribution in [2.75, 3.05) is 0 Å². The molecule has 0 fully saturated rings. The lowest BCUT2D eigenvalue weighted by molar-refractivity contribution is -0.131. The van der Waals surface area contributed by atoms with E-state index in [2.05, 4.69) is 31.9 Å². The molecule has 13 heavy (non-hydrogen) atoms. The van der Waals surface area contributed by atoms with Gasteiger partial charge in [0.1, 0.15) is 0 Å². The van der Waals surface area contributed by atoms with Gasteiger partial charge in [0.15, 0.2) is 5.38 Å². The number of alkyl halides is 4. The van der Waals surface area contributed by atoms with Gasteiger partial charge in [0.2, 0.25) is 0 Å². The van der Waals surface area contributed by atoms with Gasteiger partial charge < -0.3 is 0 Å². The van der Waals surface area contributed by atoms with Crippen LogP contribution in [-0.4, -0.2) is 6.18 Å². The zero-order valence-electron chi connectivity index (χ0n) is 5.83. The summed E-state index contributed by atoms with van der Waals surface area (Å²) < 4.78 is 37.5. The highest BCUT2D eigenvalue weighted by molar-refractivity contribution is 9.12. The van der Waals surface area contributed by atoms with Crippen LogP contribution in [0.5, 0.6) is 0 Å². The first-order valence-electron chi connectivity index (χ1n) is 2.98. The minimum absolute atomic E-state index is 0.0473. The molecule has 0 spiro atoms. The van der Waals surface area contributed by atoms with Crippen molar-refractivity contribution in [3.8, 4) is 0 Å². The third-order valence-electron chi connectivity index (χ3n) is 1.24. The SMILES string of the molecule is FC(F)(F)C(Cl)c1cc(Br)sc1Br. The molecular weight excluding hydrogens is 356 g/mol. The molecule has 1 rings (SSSR count). The molecule has 0 nitrogen and oxygen atoms in total. The summed E-state index contributed by atoms with van der Waals surface area (Å²) in [6, 6.07) is 1.36. The van der Waals surface area contributed by atoms with Crippen molar-refractivity contribution in [1.82, 2.24) is 0 Å². The second-order valence-electron chi connectivity index (χ2n) is 2.18. The fourth-order valence-electron chi connectivity index (χ4n) is 0.702. The first-order chi connectivity index (χ1) is 5.82. The maximum atomic E-state index is 12.2. The molecule has 1 aromatic rings. The Morgan fingerprint density at radius 1 is 1.38 bits per heavy atom. The molecule has 1 atom stereocenters. The fraction of sp³-hybridized carbons (Fsp3) is 0.333. The molecular formula is C6H2Br2ClF3S. The first-order valence-corrected chi connectivity index (χ1v) is 5.82. The van der Waals surface area contributed by atoms with E-state index in [1.807, 2.05) is 0 Å². The van der Waals surface area contributed by atoms with E-state index in [0.717, 1.165) is 11.3 Å². The minimum Gasteiger partial charge on any atom is -0.169 e. The van der Waals surface area contributed by atoms with E-state index in [1.165, 1.54) is 6.07 Å². The van der Waals surface area contributed by atoms with Crippen molar-refractivity contribution in [2.24, 2.45) is 0 Å². The summed E-state index contributed by atoms with van der Waals surface area (Å²) in [4.78, 5) is 0. The Morgan fingerprint density at radius 2 is 1.92 bits per heavy atom. The van der Waals surface area contributed by atoms with Crippen LogP contribution in [0.1, 0.15) is 10.9 Å². The van der Waals surface area contributed by atoms with Gasteiger partial charge in [-0.1, -0.05) is 0 Å². The maximum Gasteiger partial charge on any atom is 0.409 e. The number of halogens is 6. The molecule has 1 unspecified atom stereocenters. The van der Waals surface area contributed by atoms with E-state index in [9.17, 15) is 13.2 Å². The van der Waals surface area contributed by atoms with Crippen LogP contribution in [0.25, 0.3) is 0 Å². The molecule has 0 saturated carbocycles. The summed E-state index contributed by atoms with van der Waals surface area (Å²) in [6.07, 6.45) is -4.41. The Balaban J connectivity index is 3.01. The molecule has 0 amide bonds. The molecule has 0 aliphatic carbocycles. The molecule has 74 valence electrons. The quantitative estimate of drug-likeness (QED) is 0.612. The van der Waals surface area contributed by atoms with Gasteiger partial charge >= 0.3 is 6.18 Å². The lowest BCUT2D eigenvalue weighted by atomic mass is 10.2. The van der Waals surface area contributed by atoms with Gasteiger partial charge in [0.05, 0.1) is 7.57 Å². The molecule has 1 aromatic heterocycles. The average Bonchev–Trinajstić information content (AvgIpc) is 2.26. The third kappa shape index (κ3) is 2.84. The number of hydrogen-bond acceptors (Lipinski definition) is 1. The molecule has 7 heteroatoms. The Bertz CT molecular complexity index is 309. The molecule has 0 bridgehead atoms. The zero-order chi connectivity index (χ0) is 10.2. The van der Waals surface area contributed by atoms with Gasteiger partial charge in [0, 0.05) is 5.56 Å². The van der Waals surface area contributed by atoms with Crippen molar-refractivity contribution in [3.63, 3.8) is 0 Å². The number of thiophene rings is 1. The van der Waals surface area contributed by atoms with Crippen molar-refractivity contribution in [2.45, 2.75) is 11.6 Å². The number of rotatable bonds is 1. The van der Waals surface area contributed by atoms with Crippen LogP contribution < -0.4 is 0 Å². The summed E-state index contributed by atoms with van der Waals surface area (Å²) >= 11 is 12.5. The highest BCUT2D eigenvalue weighted by Crippen LogP contribution is 2.45. The minimum atomic E-state index is -4.41. The van der Waals surface area contributed by atoms with Crippen LogP contribution in [0.3, 0.4) is 0 Å². The zero-order valence-corrected chi connectivity index (χ0v) is 10.6. The molecule has 0 aliphatic heterocycles. The smallest absolute Gasteiger partial charge is 0.169 e. The molecule has 0 N–H and O–H groups in total. The van der Waals surface area contributed by atoms with Crippen LogP contribution in [0.15, 0.2) is 13.6 Å². The summed E-state index contributed by atoms with van der Waals surface area (Å²) in [5, 5.41) is -1.95. The highest BCUT2D eigenvalue weighted by Gasteiger charge is 2.40. The van der Waals surface area contributed by atoms with Gasteiger partial charge in [-0.25, -0.2) is 0 Å². The summed E-state index contributed by atoms with van der Waals surface area (Å²) in [6.45, 7) is 0. The van der Waals surface area contributed by atoms with E-state index >= 15 is 0 Å². The van der Waals surface area contributed by atoms with Crippen LogP contribution in [0, 0.1) is 0 Å². The van der Waals surface area contributed by atoms with E-state index < -0.39 is 11.6 Å². The van der Waals surface area contributed by atoms with E-state index in [0.29, 0.717) is 7.57 Å². The van der Waals surface area contributed by atoms with Crippen LogP contribution in [0.4, 0.5) is 13.2 Å². The Labute approximate surface area is 98.3 Å². The topological polar surface area (TPSA) is 0 Å². The van der Waals surface area contributed by atoms with Gasteiger partial charge in [-0.2, -0.15) is 13.2 Å². The average molecular weight is 358 g/mol. The van der Waals surface area contributed by atoms with Gasteiger partial charge in [-0.15, -0.1) is 22.9 Å². The monoisotopic (exact) mass is 356 g/mol. The molecule has 0 aromatic carbocycles. The van der Waals surface area contributed by atoms with Crippen molar-refractivity contribution in [1.29, 1.82) is 0 Å². The summed E-state index contributed by atoms with van der Waals surface area (Å²) in [7, 11) is 0. The van der Waals surface area contributed by atoms with Crippen molar-refractivity contribution >= 4 is 54.8 Å². The van der Waals surface area contributed by atoms with Crippen molar-refractivity contribution < 1.29 is 13.2 Å². The Kier molecular flexibility index (Phi) is 3.71. The normalized spacial score (nSPS) is 14.6. The lowest BCUT2D eigenvalue weighted by Crippen LogP contribution is -2.15. The summed E-state index contributed by atoms with van der Waals surface area (Å²) in [5.41, 5.74) is 0.0473. The van der Waals surface area contributed by atoms with E-state index in [-0.39, 0.29) is 5.56 Å². The van der Waals surface area contributed by atoms with E-state index in [1.54, 1.807) is 0 Å². The lowest BCUT2D eigenvalue weighted by Gasteiger charge is -2.12. The summed E-state index contributed by atoms with van der Waals surface area (Å²) in [5.74, 6) is 0. The molecule has 1 heterocycles. The van der Waals surface area contributed by atoms with Crippen LogP contribution >= 0.6 is 54.8 Å². The standard InChI is InChI=1S/C6H2Br2ClF3S/c7-3-1-2(5(8)13-3)4(9)6(10,11)12/h1,4H. The van der Waals surface area contributed by atoms with Crippen LogP contribution in [-0.2, 0) is 0 Å². The Morgan fingerprint density at radius 3 is 2.23 bits per heavy atom. The van der Waals surface area contributed by atoms with Gasteiger partial charge in [-0.3, -0.25) is 0 Å². The molecule has 0 saturated heterocycles. The highest BCUT2D eigenvalue weighted by atomic mass is 79.9. The predicted octanol–water partition coefficient (Wildman–Crippen LogP) is 5.12. The Hall–Kier alpha value is 0.740. The number of hydrogen-bond donors (Lipinski definition) is 0. The second kappa shape index (κ2) is 4.08. The molecule has 0 radical (unpaired) electrons. The van der Waals surface area contributed by atoms with Gasteiger partial charge in [0.25, 0.3) is 0 Å². The largest absolute Gasteiger partial charge is 0.409 e. The molecule has 0 aliphatic rings. The van der Waals surface area contributed by atoms with Gasteiger partial charge in [-0.05, 0) is 37.9 Å². The second-order valence-corrected chi connectivity index (χ2v) is 6.37.